The van der Waals surface area contributed by atoms with Gasteiger partial charge in [0.15, 0.2) is 0 Å². The molecule has 3 N–H and O–H groups in total. The predicted octanol–water partition coefficient (Wildman–Crippen LogP) is 3.39. The van der Waals surface area contributed by atoms with Gasteiger partial charge in [-0.15, -0.1) is 0 Å². The van der Waals surface area contributed by atoms with Gasteiger partial charge in [-0.3, -0.25) is 9.78 Å². The quantitative estimate of drug-likeness (QED) is 0.769. The van der Waals surface area contributed by atoms with Crippen LogP contribution in [-0.2, 0) is 6.54 Å². The molecule has 2 aromatic rings. The molecule has 0 saturated heterocycles. The Labute approximate surface area is 135 Å². The van der Waals surface area contributed by atoms with Crippen LogP contribution in [0.1, 0.15) is 35.7 Å². The van der Waals surface area contributed by atoms with E-state index in [0.29, 0.717) is 21.8 Å². The number of nitrogens with zero attached hydrogens (tertiary/aromatic N) is 1. The van der Waals surface area contributed by atoms with Crippen LogP contribution in [0.3, 0.4) is 0 Å². The molecule has 1 heterocycles. The number of amides is 1. The summed E-state index contributed by atoms with van der Waals surface area (Å²) in [5.41, 5.74) is 8.08. The molecule has 0 atom stereocenters. The van der Waals surface area contributed by atoms with E-state index in [-0.39, 0.29) is 0 Å². The van der Waals surface area contributed by atoms with Crippen LogP contribution in [0, 0.1) is 0 Å². The minimum Gasteiger partial charge on any atom is -0.366 e. The summed E-state index contributed by atoms with van der Waals surface area (Å²) in [4.78, 5) is 15.9. The van der Waals surface area contributed by atoms with Crippen molar-refractivity contribution in [1.29, 1.82) is 0 Å². The molecule has 0 fully saturated rings. The van der Waals surface area contributed by atoms with E-state index < -0.39 is 5.91 Å². The van der Waals surface area contributed by atoms with Crippen LogP contribution < -0.4 is 11.1 Å². The van der Waals surface area contributed by atoms with Crippen LogP contribution in [0.15, 0.2) is 36.5 Å². The van der Waals surface area contributed by atoms with Crippen LogP contribution in [0.2, 0.25) is 5.02 Å². The van der Waals surface area contributed by atoms with Gasteiger partial charge in [-0.2, -0.15) is 0 Å². The third kappa shape index (κ3) is 4.06. The second kappa shape index (κ2) is 7.92. The minimum atomic E-state index is -0.487. The molecule has 0 aliphatic carbocycles. The molecule has 0 spiro atoms. The van der Waals surface area contributed by atoms with E-state index in [1.54, 1.807) is 24.4 Å². The van der Waals surface area contributed by atoms with Crippen LogP contribution in [-0.4, -0.2) is 17.4 Å². The van der Waals surface area contributed by atoms with Crippen LogP contribution in [0.4, 0.5) is 0 Å². The molecule has 0 bridgehead atoms. The highest BCUT2D eigenvalue weighted by Gasteiger charge is 2.13. The maximum atomic E-state index is 11.5. The molecule has 1 aromatic carbocycles. The number of primary amides is 1. The van der Waals surface area contributed by atoms with Crippen molar-refractivity contribution in [1.82, 2.24) is 10.3 Å². The van der Waals surface area contributed by atoms with E-state index in [1.165, 1.54) is 0 Å². The largest absolute Gasteiger partial charge is 0.366 e. The second-order valence-corrected chi connectivity index (χ2v) is 5.52. The molecule has 116 valence electrons. The van der Waals surface area contributed by atoms with E-state index in [1.807, 2.05) is 12.1 Å². The van der Waals surface area contributed by atoms with Gasteiger partial charge in [0.2, 0.25) is 5.91 Å². The van der Waals surface area contributed by atoms with Gasteiger partial charge in [0.05, 0.1) is 10.7 Å². The number of hydrogen-bond donors (Lipinski definition) is 2. The molecule has 0 aliphatic heterocycles. The summed E-state index contributed by atoms with van der Waals surface area (Å²) in [7, 11) is 0. The molecule has 0 aliphatic rings. The zero-order valence-electron chi connectivity index (χ0n) is 12.6. The summed E-state index contributed by atoms with van der Waals surface area (Å²) in [6.45, 7) is 3.86. The average molecular weight is 318 g/mol. The van der Waals surface area contributed by atoms with Crippen molar-refractivity contribution in [2.24, 2.45) is 5.73 Å². The fourth-order valence-corrected chi connectivity index (χ4v) is 2.50. The van der Waals surface area contributed by atoms with E-state index in [0.717, 1.165) is 31.5 Å². The molecule has 22 heavy (non-hydrogen) atoms. The maximum absolute atomic E-state index is 11.5. The predicted molar refractivity (Wildman–Crippen MR) is 89.8 cm³/mol. The van der Waals surface area contributed by atoms with Crippen molar-refractivity contribution in [2.45, 2.75) is 26.3 Å². The summed E-state index contributed by atoms with van der Waals surface area (Å²) >= 11 is 6.34. The molecule has 4 nitrogen and oxygen atoms in total. The SMILES string of the molecule is CCCCNCc1cnc(-c2ccccc2C(N)=O)c(Cl)c1. The third-order valence-electron chi connectivity index (χ3n) is 3.38. The summed E-state index contributed by atoms with van der Waals surface area (Å²) < 4.78 is 0. The number of unbranched alkanes of at least 4 members (excludes halogenated alkanes) is 1. The zero-order chi connectivity index (χ0) is 15.9. The fraction of sp³-hybridized carbons (Fsp3) is 0.294. The first-order chi connectivity index (χ1) is 10.6. The van der Waals surface area contributed by atoms with Crippen LogP contribution >= 0.6 is 11.6 Å². The van der Waals surface area contributed by atoms with Gasteiger partial charge < -0.3 is 11.1 Å². The van der Waals surface area contributed by atoms with Gasteiger partial charge in [-0.05, 0) is 30.7 Å². The number of benzene rings is 1. The van der Waals surface area contributed by atoms with Gasteiger partial charge in [0, 0.05) is 23.9 Å². The zero-order valence-corrected chi connectivity index (χ0v) is 13.4. The normalized spacial score (nSPS) is 10.6. The van der Waals surface area contributed by atoms with Gasteiger partial charge >= 0.3 is 0 Å². The Morgan fingerprint density at radius 1 is 1.36 bits per heavy atom. The van der Waals surface area contributed by atoms with E-state index in [2.05, 4.69) is 17.2 Å². The molecule has 0 unspecified atom stereocenters. The Balaban J connectivity index is 2.22. The Hall–Kier alpha value is -1.91. The molecule has 2 rings (SSSR count). The number of hydrogen-bond acceptors (Lipinski definition) is 3. The first kappa shape index (κ1) is 16.5. The number of nitrogens with one attached hydrogen (secondary N) is 1. The highest BCUT2D eigenvalue weighted by molar-refractivity contribution is 6.33. The van der Waals surface area contributed by atoms with Crippen molar-refractivity contribution in [3.8, 4) is 11.3 Å². The highest BCUT2D eigenvalue weighted by Crippen LogP contribution is 2.29. The molecule has 0 saturated carbocycles. The summed E-state index contributed by atoms with van der Waals surface area (Å²) in [6.07, 6.45) is 4.08. The lowest BCUT2D eigenvalue weighted by molar-refractivity contribution is 0.100. The minimum absolute atomic E-state index is 0.422. The molecular weight excluding hydrogens is 298 g/mol. The summed E-state index contributed by atoms with van der Waals surface area (Å²) in [5.74, 6) is -0.487. The maximum Gasteiger partial charge on any atom is 0.249 e. The number of carbonyl (C=O) groups is 1. The Morgan fingerprint density at radius 2 is 2.14 bits per heavy atom. The van der Waals surface area contributed by atoms with Gasteiger partial charge in [-0.1, -0.05) is 43.1 Å². The number of nitrogens with two attached hydrogens (primary N) is 1. The van der Waals surface area contributed by atoms with Crippen molar-refractivity contribution < 1.29 is 4.79 Å². The summed E-state index contributed by atoms with van der Waals surface area (Å²) in [5, 5.41) is 3.86. The number of carbonyl (C=O) groups excluding carboxylic acids is 1. The number of pyridine rings is 1. The molecule has 0 radical (unpaired) electrons. The number of rotatable bonds is 7. The lowest BCUT2D eigenvalue weighted by Crippen LogP contribution is -2.15. The fourth-order valence-electron chi connectivity index (χ4n) is 2.21. The van der Waals surface area contributed by atoms with Crippen LogP contribution in [0.5, 0.6) is 0 Å². The molecule has 1 amide bonds. The van der Waals surface area contributed by atoms with Crippen molar-refractivity contribution in [2.75, 3.05) is 6.54 Å². The second-order valence-electron chi connectivity index (χ2n) is 5.11. The lowest BCUT2D eigenvalue weighted by atomic mass is 10.0. The molecular formula is C17H20ClN3O. The topological polar surface area (TPSA) is 68.0 Å². The van der Waals surface area contributed by atoms with Gasteiger partial charge in [-0.25, -0.2) is 0 Å². The van der Waals surface area contributed by atoms with E-state index >= 15 is 0 Å². The smallest absolute Gasteiger partial charge is 0.249 e. The third-order valence-corrected chi connectivity index (χ3v) is 3.67. The number of halogens is 1. The van der Waals surface area contributed by atoms with Gasteiger partial charge in [0.1, 0.15) is 0 Å². The molecule has 5 heteroatoms. The first-order valence-electron chi connectivity index (χ1n) is 7.37. The lowest BCUT2D eigenvalue weighted by Gasteiger charge is -2.10. The van der Waals surface area contributed by atoms with Crippen molar-refractivity contribution >= 4 is 17.5 Å². The highest BCUT2D eigenvalue weighted by atomic mass is 35.5. The summed E-state index contributed by atoms with van der Waals surface area (Å²) in [6, 6.07) is 8.95. The standard InChI is InChI=1S/C17H20ClN3O/c1-2-3-8-20-10-12-9-15(18)16(21-11-12)13-6-4-5-7-14(13)17(19)22/h4-7,9,11,20H,2-3,8,10H2,1H3,(H2,19,22). The van der Waals surface area contributed by atoms with Crippen molar-refractivity contribution in [3.63, 3.8) is 0 Å². The number of aromatic nitrogens is 1. The van der Waals surface area contributed by atoms with E-state index in [4.69, 9.17) is 17.3 Å². The Morgan fingerprint density at radius 3 is 2.82 bits per heavy atom. The monoisotopic (exact) mass is 317 g/mol. The Kier molecular flexibility index (Phi) is 5.92. The molecule has 1 aromatic heterocycles. The van der Waals surface area contributed by atoms with Crippen LogP contribution in [0.25, 0.3) is 11.3 Å². The van der Waals surface area contributed by atoms with Gasteiger partial charge in [0.25, 0.3) is 0 Å². The Bertz CT molecular complexity index is 658. The van der Waals surface area contributed by atoms with Crippen molar-refractivity contribution in [3.05, 3.63) is 52.7 Å². The average Bonchev–Trinajstić information content (AvgIpc) is 2.52. The van der Waals surface area contributed by atoms with E-state index in [9.17, 15) is 4.79 Å². The first-order valence-corrected chi connectivity index (χ1v) is 7.75.